The van der Waals surface area contributed by atoms with Gasteiger partial charge in [-0.1, -0.05) is 78.5 Å². The first kappa shape index (κ1) is 20.9. The van der Waals surface area contributed by atoms with Crippen molar-refractivity contribution >= 4 is 40.1 Å². The van der Waals surface area contributed by atoms with Crippen LogP contribution in [0.25, 0.3) is 0 Å². The van der Waals surface area contributed by atoms with Crippen LogP contribution in [0.1, 0.15) is 12.0 Å². The number of anilines is 1. The SMILES string of the molecule is O=C(CC1SC(=Nc2ccccc2)N(CCc2ccccc2)C1=O)Nc1ccccc1. The number of thioether (sulfide) groups is 1. The quantitative estimate of drug-likeness (QED) is 0.582. The van der Waals surface area contributed by atoms with E-state index in [1.165, 1.54) is 11.8 Å². The molecule has 1 aliphatic rings. The van der Waals surface area contributed by atoms with Crippen LogP contribution in [0, 0.1) is 0 Å². The number of rotatable bonds is 7. The van der Waals surface area contributed by atoms with Crippen molar-refractivity contribution in [1.82, 2.24) is 4.90 Å². The maximum atomic E-state index is 13.2. The summed E-state index contributed by atoms with van der Waals surface area (Å²) < 4.78 is 0. The van der Waals surface area contributed by atoms with E-state index in [-0.39, 0.29) is 18.2 Å². The van der Waals surface area contributed by atoms with E-state index in [0.29, 0.717) is 11.7 Å². The molecular weight excluding hydrogens is 406 g/mol. The van der Waals surface area contributed by atoms with Crippen molar-refractivity contribution < 1.29 is 9.59 Å². The Bertz CT molecular complexity index is 1060. The van der Waals surface area contributed by atoms with Crippen molar-refractivity contribution in [2.45, 2.75) is 18.1 Å². The first-order valence-electron chi connectivity index (χ1n) is 10.2. The molecule has 3 aromatic carbocycles. The normalized spacial score (nSPS) is 17.2. The molecule has 0 saturated carbocycles. The number of hydrogen-bond donors (Lipinski definition) is 1. The molecule has 31 heavy (non-hydrogen) atoms. The molecule has 6 heteroatoms. The highest BCUT2D eigenvalue weighted by Crippen LogP contribution is 2.32. The molecule has 5 nitrogen and oxygen atoms in total. The second-order valence-corrected chi connectivity index (χ2v) is 8.35. The van der Waals surface area contributed by atoms with Gasteiger partial charge >= 0.3 is 0 Å². The zero-order valence-electron chi connectivity index (χ0n) is 17.0. The summed E-state index contributed by atoms with van der Waals surface area (Å²) in [5, 5.41) is 3.02. The maximum Gasteiger partial charge on any atom is 0.242 e. The van der Waals surface area contributed by atoms with Gasteiger partial charge in [0.1, 0.15) is 5.25 Å². The first-order valence-corrected chi connectivity index (χ1v) is 11.1. The summed E-state index contributed by atoms with van der Waals surface area (Å²) in [7, 11) is 0. The van der Waals surface area contributed by atoms with E-state index in [1.807, 2.05) is 91.0 Å². The largest absolute Gasteiger partial charge is 0.326 e. The van der Waals surface area contributed by atoms with Crippen LogP contribution in [-0.4, -0.2) is 33.7 Å². The molecule has 1 atom stereocenters. The van der Waals surface area contributed by atoms with Crippen molar-refractivity contribution in [3.8, 4) is 0 Å². The molecule has 1 heterocycles. The third-order valence-electron chi connectivity index (χ3n) is 4.90. The zero-order chi connectivity index (χ0) is 21.5. The Balaban J connectivity index is 1.49. The van der Waals surface area contributed by atoms with E-state index < -0.39 is 5.25 Å². The summed E-state index contributed by atoms with van der Waals surface area (Å²) in [6.45, 7) is 0.526. The predicted octanol–water partition coefficient (Wildman–Crippen LogP) is 4.89. The number of amidine groups is 1. The van der Waals surface area contributed by atoms with Gasteiger partial charge in [0.25, 0.3) is 0 Å². The van der Waals surface area contributed by atoms with Gasteiger partial charge in [0, 0.05) is 18.7 Å². The highest BCUT2D eigenvalue weighted by atomic mass is 32.2. The van der Waals surface area contributed by atoms with Crippen molar-refractivity contribution in [2.75, 3.05) is 11.9 Å². The average molecular weight is 430 g/mol. The third-order valence-corrected chi connectivity index (χ3v) is 6.07. The van der Waals surface area contributed by atoms with Crippen LogP contribution in [-0.2, 0) is 16.0 Å². The van der Waals surface area contributed by atoms with Gasteiger partial charge in [0.15, 0.2) is 5.17 Å². The molecule has 1 saturated heterocycles. The molecule has 1 unspecified atom stereocenters. The number of carbonyl (C=O) groups excluding carboxylic acids is 2. The van der Waals surface area contributed by atoms with Crippen LogP contribution in [0.4, 0.5) is 11.4 Å². The summed E-state index contributed by atoms with van der Waals surface area (Å²) in [6, 6.07) is 28.9. The van der Waals surface area contributed by atoms with Crippen molar-refractivity contribution in [3.63, 3.8) is 0 Å². The molecule has 156 valence electrons. The predicted molar refractivity (Wildman–Crippen MR) is 126 cm³/mol. The van der Waals surface area contributed by atoms with Crippen LogP contribution in [0.2, 0.25) is 0 Å². The van der Waals surface area contributed by atoms with E-state index in [9.17, 15) is 9.59 Å². The minimum Gasteiger partial charge on any atom is -0.326 e. The molecule has 1 aliphatic heterocycles. The molecule has 0 spiro atoms. The fraction of sp³-hybridized carbons (Fsp3) is 0.160. The zero-order valence-corrected chi connectivity index (χ0v) is 17.8. The van der Waals surface area contributed by atoms with Crippen molar-refractivity contribution in [2.24, 2.45) is 4.99 Å². The maximum absolute atomic E-state index is 13.2. The number of aliphatic imine (C=N–C) groups is 1. The second kappa shape index (κ2) is 10.1. The molecule has 1 N–H and O–H groups in total. The van der Waals surface area contributed by atoms with Crippen LogP contribution in [0.15, 0.2) is 96.0 Å². The average Bonchev–Trinajstić information content (AvgIpc) is 3.08. The molecule has 0 radical (unpaired) electrons. The monoisotopic (exact) mass is 429 g/mol. The molecule has 1 fully saturated rings. The van der Waals surface area contributed by atoms with E-state index in [2.05, 4.69) is 5.32 Å². The Morgan fingerprint density at radius 1 is 0.903 bits per heavy atom. The minimum atomic E-state index is -0.484. The Hall–Kier alpha value is -3.38. The summed E-state index contributed by atoms with van der Waals surface area (Å²) in [4.78, 5) is 32.1. The summed E-state index contributed by atoms with van der Waals surface area (Å²) in [6.07, 6.45) is 0.831. The topological polar surface area (TPSA) is 61.8 Å². The van der Waals surface area contributed by atoms with Crippen LogP contribution < -0.4 is 5.32 Å². The molecule has 0 bridgehead atoms. The second-order valence-electron chi connectivity index (χ2n) is 7.18. The lowest BCUT2D eigenvalue weighted by Gasteiger charge is -2.16. The Kier molecular flexibility index (Phi) is 6.79. The van der Waals surface area contributed by atoms with Gasteiger partial charge in [0.2, 0.25) is 11.8 Å². The number of benzene rings is 3. The smallest absolute Gasteiger partial charge is 0.242 e. The number of para-hydroxylation sites is 2. The molecular formula is C25H23N3O2S. The standard InChI is InChI=1S/C25H23N3O2S/c29-23(26-20-12-6-2-7-13-20)18-22-24(30)28(17-16-19-10-4-1-5-11-19)25(31-22)27-21-14-8-3-9-15-21/h1-15,22H,16-18H2,(H,26,29). The van der Waals surface area contributed by atoms with E-state index in [0.717, 1.165) is 23.4 Å². The van der Waals surface area contributed by atoms with Crippen LogP contribution in [0.3, 0.4) is 0 Å². The molecule has 3 aromatic rings. The first-order chi connectivity index (χ1) is 15.2. The summed E-state index contributed by atoms with van der Waals surface area (Å²) in [5.41, 5.74) is 2.67. The molecule has 4 rings (SSSR count). The Labute approximate surface area is 186 Å². The van der Waals surface area contributed by atoms with Gasteiger partial charge in [0.05, 0.1) is 5.69 Å². The van der Waals surface area contributed by atoms with Crippen molar-refractivity contribution in [1.29, 1.82) is 0 Å². The Morgan fingerprint density at radius 2 is 1.52 bits per heavy atom. The fourth-order valence-electron chi connectivity index (χ4n) is 3.33. The van der Waals surface area contributed by atoms with Gasteiger partial charge in [-0.05, 0) is 36.2 Å². The van der Waals surface area contributed by atoms with Crippen LogP contribution >= 0.6 is 11.8 Å². The number of carbonyl (C=O) groups is 2. The lowest BCUT2D eigenvalue weighted by molar-refractivity contribution is -0.128. The highest BCUT2D eigenvalue weighted by Gasteiger charge is 2.38. The van der Waals surface area contributed by atoms with Gasteiger partial charge in [-0.2, -0.15) is 0 Å². The van der Waals surface area contributed by atoms with Gasteiger partial charge in [-0.3, -0.25) is 14.5 Å². The Morgan fingerprint density at radius 3 is 2.19 bits per heavy atom. The van der Waals surface area contributed by atoms with E-state index in [4.69, 9.17) is 4.99 Å². The van der Waals surface area contributed by atoms with Gasteiger partial charge in [-0.25, -0.2) is 4.99 Å². The third kappa shape index (κ3) is 5.61. The minimum absolute atomic E-state index is 0.0705. The lowest BCUT2D eigenvalue weighted by atomic mass is 10.1. The number of amides is 2. The van der Waals surface area contributed by atoms with Gasteiger partial charge in [-0.15, -0.1) is 0 Å². The molecule has 0 aliphatic carbocycles. The lowest BCUT2D eigenvalue weighted by Crippen LogP contribution is -2.35. The summed E-state index contributed by atoms with van der Waals surface area (Å²) >= 11 is 1.36. The van der Waals surface area contributed by atoms with Crippen LogP contribution in [0.5, 0.6) is 0 Å². The number of hydrogen-bond acceptors (Lipinski definition) is 4. The number of nitrogens with one attached hydrogen (secondary N) is 1. The summed E-state index contributed by atoms with van der Waals surface area (Å²) in [5.74, 6) is -0.250. The van der Waals surface area contributed by atoms with E-state index in [1.54, 1.807) is 4.90 Å². The number of nitrogens with zero attached hydrogens (tertiary/aromatic N) is 2. The van der Waals surface area contributed by atoms with Crippen molar-refractivity contribution in [3.05, 3.63) is 96.6 Å². The highest BCUT2D eigenvalue weighted by molar-refractivity contribution is 8.15. The van der Waals surface area contributed by atoms with E-state index >= 15 is 0 Å². The van der Waals surface area contributed by atoms with Gasteiger partial charge < -0.3 is 5.32 Å². The molecule has 0 aromatic heterocycles. The molecule has 2 amide bonds. The fourth-order valence-corrected chi connectivity index (χ4v) is 4.52.